The number of nitrogens with one attached hydrogen (secondary N) is 1. The molecule has 0 spiro atoms. The first-order valence-electron chi connectivity index (χ1n) is 7.63. The molecule has 1 aromatic carbocycles. The van der Waals surface area contributed by atoms with E-state index < -0.39 is 0 Å². The Labute approximate surface area is 136 Å². The lowest BCUT2D eigenvalue weighted by Gasteiger charge is -2.12. The van der Waals surface area contributed by atoms with E-state index >= 15 is 0 Å². The second-order valence-corrected chi connectivity index (χ2v) is 5.45. The van der Waals surface area contributed by atoms with Gasteiger partial charge in [0.2, 0.25) is 5.91 Å². The number of anilines is 1. The molecule has 23 heavy (non-hydrogen) atoms. The number of aryl methyl sites for hydroxylation is 2. The summed E-state index contributed by atoms with van der Waals surface area (Å²) in [6.45, 7) is 7.89. The van der Waals surface area contributed by atoms with Crippen LogP contribution < -0.4 is 5.32 Å². The summed E-state index contributed by atoms with van der Waals surface area (Å²) in [4.78, 5) is 24.2. The van der Waals surface area contributed by atoms with Gasteiger partial charge in [0, 0.05) is 17.1 Å². The molecule has 2 rings (SSSR count). The van der Waals surface area contributed by atoms with Crippen LogP contribution in [0.4, 0.5) is 5.69 Å². The molecule has 1 amide bonds. The fourth-order valence-electron chi connectivity index (χ4n) is 2.51. The maximum atomic E-state index is 12.3. The Kier molecular flexibility index (Phi) is 5.21. The normalized spacial score (nSPS) is 10.4. The van der Waals surface area contributed by atoms with Crippen LogP contribution in [-0.4, -0.2) is 23.1 Å². The average molecular weight is 314 g/mol. The number of carbonyl (C=O) groups excluding carboxylic acids is 2. The monoisotopic (exact) mass is 314 g/mol. The SMILES string of the molecule is CCOC(=O)c1cc(C)n(CC(=O)Nc2ccccc2C)c1C. The van der Waals surface area contributed by atoms with Gasteiger partial charge >= 0.3 is 5.97 Å². The van der Waals surface area contributed by atoms with Crippen molar-refractivity contribution in [2.24, 2.45) is 0 Å². The minimum absolute atomic E-state index is 0.128. The Balaban J connectivity index is 2.15. The summed E-state index contributed by atoms with van der Waals surface area (Å²) in [6, 6.07) is 9.38. The highest BCUT2D eigenvalue weighted by Gasteiger charge is 2.18. The van der Waals surface area contributed by atoms with Crippen molar-refractivity contribution in [3.8, 4) is 0 Å². The number of esters is 1. The van der Waals surface area contributed by atoms with Crippen molar-refractivity contribution in [2.45, 2.75) is 34.2 Å². The zero-order chi connectivity index (χ0) is 17.0. The van der Waals surface area contributed by atoms with Crippen molar-refractivity contribution < 1.29 is 14.3 Å². The minimum atomic E-state index is -0.355. The second-order valence-electron chi connectivity index (χ2n) is 5.45. The van der Waals surface area contributed by atoms with Gasteiger partial charge in [0.25, 0.3) is 0 Å². The van der Waals surface area contributed by atoms with Crippen LogP contribution in [0, 0.1) is 20.8 Å². The number of nitrogens with zero attached hydrogens (tertiary/aromatic N) is 1. The maximum Gasteiger partial charge on any atom is 0.339 e. The number of para-hydroxylation sites is 1. The number of ether oxygens (including phenoxy) is 1. The van der Waals surface area contributed by atoms with Crippen molar-refractivity contribution in [1.82, 2.24) is 4.57 Å². The number of amides is 1. The third-order valence-electron chi connectivity index (χ3n) is 3.79. The summed E-state index contributed by atoms with van der Waals surface area (Å²) in [5, 5.41) is 2.90. The van der Waals surface area contributed by atoms with Crippen LogP contribution in [0.5, 0.6) is 0 Å². The molecule has 1 heterocycles. The van der Waals surface area contributed by atoms with E-state index in [0.29, 0.717) is 12.2 Å². The molecule has 0 aliphatic rings. The van der Waals surface area contributed by atoms with Gasteiger partial charge in [-0.25, -0.2) is 4.79 Å². The standard InChI is InChI=1S/C18H22N2O3/c1-5-23-18(22)15-10-13(3)20(14(15)4)11-17(21)19-16-9-7-6-8-12(16)2/h6-10H,5,11H2,1-4H3,(H,19,21). The topological polar surface area (TPSA) is 60.3 Å². The van der Waals surface area contributed by atoms with Crippen LogP contribution in [-0.2, 0) is 16.1 Å². The third-order valence-corrected chi connectivity index (χ3v) is 3.79. The largest absolute Gasteiger partial charge is 0.462 e. The molecule has 1 aromatic heterocycles. The van der Waals surface area contributed by atoms with Gasteiger partial charge in [0.15, 0.2) is 0 Å². The molecule has 122 valence electrons. The summed E-state index contributed by atoms with van der Waals surface area (Å²) in [5.74, 6) is -0.484. The fourth-order valence-corrected chi connectivity index (χ4v) is 2.51. The highest BCUT2D eigenvalue weighted by molar-refractivity contribution is 5.93. The lowest BCUT2D eigenvalue weighted by Crippen LogP contribution is -2.21. The highest BCUT2D eigenvalue weighted by Crippen LogP contribution is 2.17. The van der Waals surface area contributed by atoms with Crippen molar-refractivity contribution in [3.05, 3.63) is 52.8 Å². The van der Waals surface area contributed by atoms with Crippen LogP contribution >= 0.6 is 0 Å². The predicted molar refractivity (Wildman–Crippen MR) is 89.7 cm³/mol. The molecule has 0 unspecified atom stereocenters. The average Bonchev–Trinajstić information content (AvgIpc) is 2.78. The number of rotatable bonds is 5. The fraction of sp³-hybridized carbons (Fsp3) is 0.333. The Morgan fingerprint density at radius 3 is 2.52 bits per heavy atom. The van der Waals surface area contributed by atoms with Crippen molar-refractivity contribution in [1.29, 1.82) is 0 Å². The van der Waals surface area contributed by atoms with Gasteiger partial charge in [0.05, 0.1) is 12.2 Å². The predicted octanol–water partition coefficient (Wildman–Crippen LogP) is 3.23. The number of carbonyl (C=O) groups is 2. The Morgan fingerprint density at radius 2 is 1.87 bits per heavy atom. The Bertz CT molecular complexity index is 732. The first-order chi connectivity index (χ1) is 10.9. The van der Waals surface area contributed by atoms with Gasteiger partial charge in [-0.15, -0.1) is 0 Å². The molecule has 0 saturated heterocycles. The summed E-state index contributed by atoms with van der Waals surface area (Å²) < 4.78 is 6.86. The van der Waals surface area contributed by atoms with E-state index in [1.807, 2.05) is 49.6 Å². The maximum absolute atomic E-state index is 12.3. The second kappa shape index (κ2) is 7.13. The molecule has 0 atom stereocenters. The van der Waals surface area contributed by atoms with Gasteiger partial charge in [0.1, 0.15) is 6.54 Å². The van der Waals surface area contributed by atoms with Crippen LogP contribution in [0.1, 0.15) is 34.2 Å². The molecule has 0 saturated carbocycles. The van der Waals surface area contributed by atoms with Crippen molar-refractivity contribution >= 4 is 17.6 Å². The molecule has 1 N–H and O–H groups in total. The molecule has 2 aromatic rings. The molecule has 0 aliphatic carbocycles. The molecule has 0 radical (unpaired) electrons. The molecule has 5 heteroatoms. The highest BCUT2D eigenvalue weighted by atomic mass is 16.5. The first-order valence-corrected chi connectivity index (χ1v) is 7.63. The lowest BCUT2D eigenvalue weighted by molar-refractivity contribution is -0.116. The van der Waals surface area contributed by atoms with Gasteiger partial charge in [-0.3, -0.25) is 4.79 Å². The van der Waals surface area contributed by atoms with E-state index in [0.717, 1.165) is 22.6 Å². The van der Waals surface area contributed by atoms with Crippen LogP contribution in [0.15, 0.2) is 30.3 Å². The summed E-state index contributed by atoms with van der Waals surface area (Å²) >= 11 is 0. The number of aromatic nitrogens is 1. The van der Waals surface area contributed by atoms with Gasteiger partial charge in [-0.2, -0.15) is 0 Å². The molecule has 0 bridgehead atoms. The quantitative estimate of drug-likeness (QED) is 0.862. The van der Waals surface area contributed by atoms with E-state index in [2.05, 4.69) is 5.32 Å². The number of benzene rings is 1. The number of hydrogen-bond donors (Lipinski definition) is 1. The molecule has 5 nitrogen and oxygen atoms in total. The van der Waals surface area contributed by atoms with Gasteiger partial charge in [-0.05, 0) is 45.4 Å². The van der Waals surface area contributed by atoms with E-state index in [1.165, 1.54) is 0 Å². The minimum Gasteiger partial charge on any atom is -0.462 e. The Morgan fingerprint density at radius 1 is 1.17 bits per heavy atom. The van der Waals surface area contributed by atoms with Crippen LogP contribution in [0.2, 0.25) is 0 Å². The van der Waals surface area contributed by atoms with E-state index in [9.17, 15) is 9.59 Å². The van der Waals surface area contributed by atoms with Crippen LogP contribution in [0.25, 0.3) is 0 Å². The molecule has 0 fully saturated rings. The van der Waals surface area contributed by atoms with E-state index in [4.69, 9.17) is 4.74 Å². The third kappa shape index (κ3) is 3.80. The summed E-state index contributed by atoms with van der Waals surface area (Å²) in [6.07, 6.45) is 0. The molecular formula is C18H22N2O3. The summed E-state index contributed by atoms with van der Waals surface area (Å²) in [5.41, 5.74) is 3.90. The smallest absolute Gasteiger partial charge is 0.339 e. The van der Waals surface area contributed by atoms with Gasteiger partial charge < -0.3 is 14.6 Å². The molecule has 0 aliphatic heterocycles. The zero-order valence-electron chi connectivity index (χ0n) is 14.0. The van der Waals surface area contributed by atoms with Crippen LogP contribution in [0.3, 0.4) is 0 Å². The lowest BCUT2D eigenvalue weighted by atomic mass is 10.2. The van der Waals surface area contributed by atoms with Crippen molar-refractivity contribution in [2.75, 3.05) is 11.9 Å². The summed E-state index contributed by atoms with van der Waals surface area (Å²) in [7, 11) is 0. The Hall–Kier alpha value is -2.56. The van der Waals surface area contributed by atoms with E-state index in [1.54, 1.807) is 13.0 Å². The zero-order valence-corrected chi connectivity index (χ0v) is 14.0. The first kappa shape index (κ1) is 16.8. The van der Waals surface area contributed by atoms with Gasteiger partial charge in [-0.1, -0.05) is 18.2 Å². The van der Waals surface area contributed by atoms with Crippen molar-refractivity contribution in [3.63, 3.8) is 0 Å². The molecular weight excluding hydrogens is 292 g/mol. The number of hydrogen-bond acceptors (Lipinski definition) is 3. The van der Waals surface area contributed by atoms with E-state index in [-0.39, 0.29) is 18.4 Å².